The minimum absolute atomic E-state index is 0.0759. The van der Waals surface area contributed by atoms with Gasteiger partial charge >= 0.3 is 6.03 Å². The van der Waals surface area contributed by atoms with E-state index in [1.807, 2.05) is 29.7 Å². The van der Waals surface area contributed by atoms with E-state index in [9.17, 15) is 14.4 Å². The molecule has 0 aliphatic carbocycles. The van der Waals surface area contributed by atoms with Crippen molar-refractivity contribution in [1.29, 1.82) is 0 Å². The second kappa shape index (κ2) is 13.0. The van der Waals surface area contributed by atoms with Crippen LogP contribution in [0.1, 0.15) is 58.9 Å². The number of anilines is 2. The van der Waals surface area contributed by atoms with Gasteiger partial charge in [0, 0.05) is 88.2 Å². The van der Waals surface area contributed by atoms with Gasteiger partial charge in [-0.25, -0.2) is 4.79 Å². The van der Waals surface area contributed by atoms with Gasteiger partial charge in [-0.1, -0.05) is 31.5 Å². The van der Waals surface area contributed by atoms with Crippen LogP contribution < -0.4 is 10.2 Å². The Hall–Kier alpha value is -3.11. The van der Waals surface area contributed by atoms with Gasteiger partial charge in [0.15, 0.2) is 5.82 Å². The van der Waals surface area contributed by atoms with Crippen molar-refractivity contribution in [1.82, 2.24) is 24.5 Å². The molecule has 0 bridgehead atoms. The zero-order valence-electron chi connectivity index (χ0n) is 24.2. The van der Waals surface area contributed by atoms with Crippen LogP contribution in [0.2, 0.25) is 5.02 Å². The summed E-state index contributed by atoms with van der Waals surface area (Å²) in [7, 11) is 0. The monoisotopic (exact) mass is 571 g/mol. The van der Waals surface area contributed by atoms with Crippen molar-refractivity contribution >= 4 is 41.0 Å². The number of carbonyl (C=O) groups is 3. The van der Waals surface area contributed by atoms with E-state index in [0.717, 1.165) is 75.7 Å². The van der Waals surface area contributed by atoms with Gasteiger partial charge in [0.1, 0.15) is 0 Å². The van der Waals surface area contributed by atoms with Crippen LogP contribution in [0.15, 0.2) is 30.5 Å². The molecule has 3 fully saturated rings. The Labute approximate surface area is 242 Å². The predicted octanol–water partition coefficient (Wildman–Crippen LogP) is 4.29. The molecule has 0 atom stereocenters. The fourth-order valence-corrected chi connectivity index (χ4v) is 6.34. The first kappa shape index (κ1) is 29.9. The SMILES string of the molecule is CC.CC(=O)Nc1ccn(C(=O)N2CCC3(CCCN3Cc3ccc(Cl)cc3N3CCN(C(C)=O)CC3)CC2)n1. The summed E-state index contributed by atoms with van der Waals surface area (Å²) in [6.07, 6.45) is 5.70. The first-order valence-corrected chi connectivity index (χ1v) is 14.8. The highest BCUT2D eigenvalue weighted by atomic mass is 35.5. The molecule has 4 heterocycles. The zero-order chi connectivity index (χ0) is 28.9. The average molecular weight is 572 g/mol. The molecule has 40 heavy (non-hydrogen) atoms. The molecule has 1 aromatic carbocycles. The molecule has 0 unspecified atom stereocenters. The van der Waals surface area contributed by atoms with Crippen LogP contribution in [0.5, 0.6) is 0 Å². The van der Waals surface area contributed by atoms with Crippen LogP contribution in [-0.2, 0) is 16.1 Å². The molecule has 1 spiro atoms. The van der Waals surface area contributed by atoms with E-state index >= 15 is 0 Å². The number of hydrogen-bond donors (Lipinski definition) is 1. The van der Waals surface area contributed by atoms with E-state index in [1.165, 1.54) is 17.2 Å². The minimum Gasteiger partial charge on any atom is -0.368 e. The first-order chi connectivity index (χ1) is 19.2. The Morgan fingerprint density at radius 1 is 0.925 bits per heavy atom. The summed E-state index contributed by atoms with van der Waals surface area (Å²) in [6.45, 7) is 13.3. The largest absolute Gasteiger partial charge is 0.368 e. The molecule has 1 aromatic heterocycles. The maximum atomic E-state index is 13.0. The number of nitrogens with one attached hydrogen (secondary N) is 1. The van der Waals surface area contributed by atoms with Crippen LogP contribution in [0.25, 0.3) is 0 Å². The summed E-state index contributed by atoms with van der Waals surface area (Å²) in [5.74, 6) is 0.286. The summed E-state index contributed by atoms with van der Waals surface area (Å²) in [6, 6.07) is 7.64. The van der Waals surface area contributed by atoms with Crippen molar-refractivity contribution in [3.63, 3.8) is 0 Å². The van der Waals surface area contributed by atoms with Gasteiger partial charge in [-0.2, -0.15) is 4.68 Å². The smallest absolute Gasteiger partial charge is 0.344 e. The Morgan fingerprint density at radius 2 is 1.62 bits per heavy atom. The summed E-state index contributed by atoms with van der Waals surface area (Å²) >= 11 is 6.43. The fraction of sp³-hybridized carbons (Fsp3) is 0.586. The Morgan fingerprint density at radius 3 is 2.27 bits per heavy atom. The van der Waals surface area contributed by atoms with Crippen molar-refractivity contribution in [3.05, 3.63) is 41.0 Å². The maximum absolute atomic E-state index is 13.0. The van der Waals surface area contributed by atoms with E-state index in [4.69, 9.17) is 11.6 Å². The van der Waals surface area contributed by atoms with Crippen molar-refractivity contribution in [2.24, 2.45) is 0 Å². The lowest BCUT2D eigenvalue weighted by molar-refractivity contribution is -0.129. The number of nitrogens with zero attached hydrogens (tertiary/aromatic N) is 6. The standard InChI is InChI=1S/C27H36ClN7O3.C2H6/c1-20(36)29-25-6-11-35(30-25)26(38)33-12-8-27(9-13-33)7-3-10-34(27)19-22-4-5-23(28)18-24(22)32-16-14-31(15-17-32)21(2)37;1-2/h4-6,11,18H,3,7-10,12-17,19H2,1-2H3,(H,29,30,36);1-2H3. The van der Waals surface area contributed by atoms with Gasteiger partial charge in [0.05, 0.1) is 0 Å². The van der Waals surface area contributed by atoms with E-state index < -0.39 is 0 Å². The Balaban J connectivity index is 0.00000181. The number of amides is 3. The van der Waals surface area contributed by atoms with Crippen molar-refractivity contribution in [3.8, 4) is 0 Å². The number of piperidine rings is 1. The van der Waals surface area contributed by atoms with Crippen molar-refractivity contribution in [2.75, 3.05) is 56.0 Å². The third-order valence-electron chi connectivity index (χ3n) is 8.27. The molecule has 2 aromatic rings. The van der Waals surface area contributed by atoms with Gasteiger partial charge < -0.3 is 20.0 Å². The minimum atomic E-state index is -0.217. The van der Waals surface area contributed by atoms with Crippen molar-refractivity contribution < 1.29 is 14.4 Å². The van der Waals surface area contributed by atoms with E-state index in [2.05, 4.69) is 32.3 Å². The second-order valence-electron chi connectivity index (χ2n) is 10.6. The molecule has 218 valence electrons. The molecule has 3 saturated heterocycles. The number of halogens is 1. The first-order valence-electron chi connectivity index (χ1n) is 14.4. The molecule has 5 rings (SSSR count). The molecular weight excluding hydrogens is 530 g/mol. The number of piperazine rings is 1. The van der Waals surface area contributed by atoms with Gasteiger partial charge in [0.2, 0.25) is 11.8 Å². The highest BCUT2D eigenvalue weighted by Gasteiger charge is 2.44. The summed E-state index contributed by atoms with van der Waals surface area (Å²) < 4.78 is 1.31. The van der Waals surface area contributed by atoms with Crippen LogP contribution >= 0.6 is 11.6 Å². The van der Waals surface area contributed by atoms with Crippen LogP contribution in [0.3, 0.4) is 0 Å². The molecule has 3 aliphatic rings. The molecule has 3 aliphatic heterocycles. The van der Waals surface area contributed by atoms with Crippen LogP contribution in [-0.4, -0.2) is 93.7 Å². The third-order valence-corrected chi connectivity index (χ3v) is 8.50. The normalized spacial score (nSPS) is 18.9. The quantitative estimate of drug-likeness (QED) is 0.588. The topological polar surface area (TPSA) is 94.0 Å². The molecule has 0 radical (unpaired) electrons. The van der Waals surface area contributed by atoms with Gasteiger partial charge in [-0.3, -0.25) is 14.5 Å². The number of rotatable bonds is 4. The number of benzene rings is 1. The molecule has 10 nitrogen and oxygen atoms in total. The van der Waals surface area contributed by atoms with Gasteiger partial charge in [0.25, 0.3) is 0 Å². The summed E-state index contributed by atoms with van der Waals surface area (Å²) in [5, 5.41) is 7.54. The lowest BCUT2D eigenvalue weighted by Crippen LogP contribution is -2.53. The van der Waals surface area contributed by atoms with Gasteiger partial charge in [-0.05, 0) is 49.9 Å². The van der Waals surface area contributed by atoms with E-state index in [0.29, 0.717) is 18.9 Å². The van der Waals surface area contributed by atoms with Crippen LogP contribution in [0.4, 0.5) is 16.3 Å². The molecular formula is C29H42ClN7O3. The van der Waals surface area contributed by atoms with Gasteiger partial charge in [-0.15, -0.1) is 5.10 Å². The third kappa shape index (κ3) is 6.61. The molecule has 11 heteroatoms. The maximum Gasteiger partial charge on any atom is 0.344 e. The number of aromatic nitrogens is 2. The highest BCUT2D eigenvalue weighted by molar-refractivity contribution is 6.30. The van der Waals surface area contributed by atoms with E-state index in [-0.39, 0.29) is 23.4 Å². The lowest BCUT2D eigenvalue weighted by Gasteiger charge is -2.45. The highest BCUT2D eigenvalue weighted by Crippen LogP contribution is 2.40. The molecule has 1 N–H and O–H groups in total. The zero-order valence-corrected chi connectivity index (χ0v) is 24.9. The van der Waals surface area contributed by atoms with E-state index in [1.54, 1.807) is 19.2 Å². The molecule has 0 saturated carbocycles. The van der Waals surface area contributed by atoms with Crippen LogP contribution in [0, 0.1) is 0 Å². The average Bonchev–Trinajstić information content (AvgIpc) is 3.57. The van der Waals surface area contributed by atoms with Crippen molar-refractivity contribution in [2.45, 2.75) is 65.5 Å². The number of hydrogen-bond acceptors (Lipinski definition) is 6. The predicted molar refractivity (Wildman–Crippen MR) is 158 cm³/mol. The summed E-state index contributed by atoms with van der Waals surface area (Å²) in [4.78, 5) is 44.8. The summed E-state index contributed by atoms with van der Waals surface area (Å²) in [5.41, 5.74) is 2.49. The Bertz CT molecular complexity index is 1200. The Kier molecular flexibility index (Phi) is 9.73. The number of likely N-dealkylation sites (tertiary alicyclic amines) is 2. The fourth-order valence-electron chi connectivity index (χ4n) is 6.18. The second-order valence-corrected chi connectivity index (χ2v) is 11.0. The number of carbonyl (C=O) groups excluding carboxylic acids is 3. The lowest BCUT2D eigenvalue weighted by atomic mass is 9.84. The molecule has 3 amide bonds.